The Morgan fingerprint density at radius 2 is 1.84 bits per heavy atom. The highest BCUT2D eigenvalue weighted by Crippen LogP contribution is 2.30. The lowest BCUT2D eigenvalue weighted by molar-refractivity contribution is -0.130. The van der Waals surface area contributed by atoms with Gasteiger partial charge in [-0.05, 0) is 54.2 Å². The predicted octanol–water partition coefficient (Wildman–Crippen LogP) is 3.38. The van der Waals surface area contributed by atoms with Crippen LogP contribution in [-0.4, -0.2) is 48.3 Å². The van der Waals surface area contributed by atoms with E-state index in [1.165, 1.54) is 11.3 Å². The SMILES string of the molecule is O=C1NC(=O)N(CCc2ccccc2)C(=O)C1=Cc1ccc2c(c1)CCN2CCCCl. The number of hydrogen-bond donors (Lipinski definition) is 1. The fourth-order valence-corrected chi connectivity index (χ4v) is 4.13. The Labute approximate surface area is 186 Å². The molecule has 1 saturated heterocycles. The molecule has 7 heteroatoms. The van der Waals surface area contributed by atoms with Crippen LogP contribution < -0.4 is 10.2 Å². The van der Waals surface area contributed by atoms with Crippen molar-refractivity contribution in [1.82, 2.24) is 10.2 Å². The fraction of sp³-hybridized carbons (Fsp3) is 0.292. The van der Waals surface area contributed by atoms with Crippen molar-refractivity contribution < 1.29 is 14.4 Å². The highest BCUT2D eigenvalue weighted by Gasteiger charge is 2.35. The third-order valence-electron chi connectivity index (χ3n) is 5.62. The molecule has 6 nitrogen and oxygen atoms in total. The van der Waals surface area contributed by atoms with Crippen LogP contribution in [0.15, 0.2) is 54.1 Å². The summed E-state index contributed by atoms with van der Waals surface area (Å²) >= 11 is 5.82. The first-order chi connectivity index (χ1) is 15.1. The number of nitrogens with zero attached hydrogens (tertiary/aromatic N) is 2. The lowest BCUT2D eigenvalue weighted by atomic mass is 10.0. The number of benzene rings is 2. The van der Waals surface area contributed by atoms with Gasteiger partial charge in [0, 0.05) is 31.2 Å². The average molecular weight is 438 g/mol. The Kier molecular flexibility index (Phi) is 6.37. The summed E-state index contributed by atoms with van der Waals surface area (Å²) in [6.07, 6.45) is 3.94. The Hall–Kier alpha value is -3.12. The summed E-state index contributed by atoms with van der Waals surface area (Å²) in [5, 5.41) is 2.29. The van der Waals surface area contributed by atoms with E-state index in [0.29, 0.717) is 12.3 Å². The lowest BCUT2D eigenvalue weighted by Crippen LogP contribution is -2.54. The quantitative estimate of drug-likeness (QED) is 0.409. The second-order valence-corrected chi connectivity index (χ2v) is 8.06. The minimum atomic E-state index is -0.674. The van der Waals surface area contributed by atoms with E-state index in [-0.39, 0.29) is 12.1 Å². The van der Waals surface area contributed by atoms with Gasteiger partial charge in [0.05, 0.1) is 0 Å². The van der Waals surface area contributed by atoms with Crippen LogP contribution in [0.5, 0.6) is 0 Å². The Balaban J connectivity index is 1.52. The van der Waals surface area contributed by atoms with Crippen molar-refractivity contribution in [3.63, 3.8) is 0 Å². The molecule has 2 aliphatic rings. The summed E-state index contributed by atoms with van der Waals surface area (Å²) in [6.45, 7) is 2.06. The second-order valence-electron chi connectivity index (χ2n) is 7.68. The number of fused-ring (bicyclic) bond motifs is 1. The standard InChI is InChI=1S/C24H24ClN3O3/c25-11-4-12-27-13-10-19-15-18(7-8-21(19)27)16-20-22(29)26-24(31)28(23(20)30)14-9-17-5-2-1-3-6-17/h1-3,5-8,15-16H,4,9-14H2,(H,26,29,31). The van der Waals surface area contributed by atoms with Gasteiger partial charge in [-0.2, -0.15) is 0 Å². The number of halogens is 1. The zero-order valence-corrected chi connectivity index (χ0v) is 17.9. The van der Waals surface area contributed by atoms with E-state index in [0.717, 1.165) is 42.0 Å². The van der Waals surface area contributed by atoms with Crippen molar-refractivity contribution in [2.45, 2.75) is 19.3 Å². The second kappa shape index (κ2) is 9.35. The first-order valence-electron chi connectivity index (χ1n) is 10.4. The van der Waals surface area contributed by atoms with E-state index < -0.39 is 17.8 Å². The molecule has 2 aromatic rings. The van der Waals surface area contributed by atoms with Crippen LogP contribution in [0.4, 0.5) is 10.5 Å². The monoisotopic (exact) mass is 437 g/mol. The normalized spacial score (nSPS) is 17.3. The van der Waals surface area contributed by atoms with Crippen molar-refractivity contribution in [1.29, 1.82) is 0 Å². The maximum atomic E-state index is 12.9. The maximum Gasteiger partial charge on any atom is 0.331 e. The van der Waals surface area contributed by atoms with E-state index in [2.05, 4.69) is 10.2 Å². The topological polar surface area (TPSA) is 69.7 Å². The van der Waals surface area contributed by atoms with E-state index in [4.69, 9.17) is 11.6 Å². The van der Waals surface area contributed by atoms with E-state index in [1.807, 2.05) is 48.5 Å². The molecule has 0 saturated carbocycles. The van der Waals surface area contributed by atoms with E-state index in [9.17, 15) is 14.4 Å². The number of urea groups is 1. The van der Waals surface area contributed by atoms with Crippen LogP contribution in [0.2, 0.25) is 0 Å². The number of barbiturate groups is 1. The number of hydrogen-bond acceptors (Lipinski definition) is 4. The molecular weight excluding hydrogens is 414 g/mol. The van der Waals surface area contributed by atoms with Gasteiger partial charge in [0.1, 0.15) is 5.57 Å². The fourth-order valence-electron chi connectivity index (χ4n) is 4.01. The third kappa shape index (κ3) is 4.64. The van der Waals surface area contributed by atoms with Gasteiger partial charge in [-0.1, -0.05) is 36.4 Å². The summed E-state index contributed by atoms with van der Waals surface area (Å²) in [5.74, 6) is -0.587. The van der Waals surface area contributed by atoms with Gasteiger partial charge in [0.2, 0.25) is 0 Å². The number of imide groups is 2. The van der Waals surface area contributed by atoms with Crippen molar-refractivity contribution in [3.05, 3.63) is 70.8 Å². The van der Waals surface area contributed by atoms with Gasteiger partial charge in [0.15, 0.2) is 0 Å². The van der Waals surface area contributed by atoms with Crippen LogP contribution >= 0.6 is 11.6 Å². The molecule has 0 aliphatic carbocycles. The Morgan fingerprint density at radius 1 is 1.03 bits per heavy atom. The minimum Gasteiger partial charge on any atom is -0.371 e. The van der Waals surface area contributed by atoms with Gasteiger partial charge in [0.25, 0.3) is 11.8 Å². The van der Waals surface area contributed by atoms with E-state index >= 15 is 0 Å². The predicted molar refractivity (Wildman–Crippen MR) is 121 cm³/mol. The smallest absolute Gasteiger partial charge is 0.331 e. The zero-order valence-electron chi connectivity index (χ0n) is 17.1. The van der Waals surface area contributed by atoms with E-state index in [1.54, 1.807) is 6.08 Å². The van der Waals surface area contributed by atoms with Crippen LogP contribution in [0.1, 0.15) is 23.1 Å². The number of carbonyl (C=O) groups is 3. The number of nitrogens with one attached hydrogen (secondary N) is 1. The summed E-state index contributed by atoms with van der Waals surface area (Å²) in [4.78, 5) is 40.9. The number of alkyl halides is 1. The molecule has 2 aliphatic heterocycles. The minimum absolute atomic E-state index is 0.0235. The van der Waals surface area contributed by atoms with Crippen LogP contribution in [0, 0.1) is 0 Å². The molecule has 31 heavy (non-hydrogen) atoms. The number of anilines is 1. The molecule has 160 valence electrons. The van der Waals surface area contributed by atoms with Crippen molar-refractivity contribution in [2.75, 3.05) is 30.4 Å². The molecule has 0 bridgehead atoms. The molecule has 0 radical (unpaired) electrons. The highest BCUT2D eigenvalue weighted by molar-refractivity contribution is 6.31. The van der Waals surface area contributed by atoms with Crippen molar-refractivity contribution >= 4 is 41.2 Å². The highest BCUT2D eigenvalue weighted by atomic mass is 35.5. The zero-order chi connectivity index (χ0) is 21.8. The molecule has 0 atom stereocenters. The van der Waals surface area contributed by atoms with Gasteiger partial charge in [-0.25, -0.2) is 4.79 Å². The molecule has 0 spiro atoms. The maximum absolute atomic E-state index is 12.9. The first-order valence-corrected chi connectivity index (χ1v) is 11.0. The van der Waals surface area contributed by atoms with Crippen LogP contribution in [-0.2, 0) is 22.4 Å². The third-order valence-corrected chi connectivity index (χ3v) is 5.89. The number of amides is 4. The van der Waals surface area contributed by atoms with Crippen molar-refractivity contribution in [3.8, 4) is 0 Å². The van der Waals surface area contributed by atoms with Gasteiger partial charge in [-0.15, -0.1) is 11.6 Å². The summed E-state index contributed by atoms with van der Waals surface area (Å²) in [6, 6.07) is 14.9. The van der Waals surface area contributed by atoms with Gasteiger partial charge >= 0.3 is 6.03 Å². The lowest BCUT2D eigenvalue weighted by Gasteiger charge is -2.26. The molecule has 2 aromatic carbocycles. The molecule has 1 fully saturated rings. The Bertz CT molecular complexity index is 1040. The summed E-state index contributed by atoms with van der Waals surface area (Å²) < 4.78 is 0. The molecule has 0 aromatic heterocycles. The molecule has 0 unspecified atom stereocenters. The van der Waals surface area contributed by atoms with Gasteiger partial charge in [-0.3, -0.25) is 19.8 Å². The molecule has 4 amide bonds. The number of carbonyl (C=O) groups excluding carboxylic acids is 3. The molecule has 4 rings (SSSR count). The van der Waals surface area contributed by atoms with Crippen LogP contribution in [0.3, 0.4) is 0 Å². The first kappa shape index (κ1) is 21.1. The average Bonchev–Trinajstić information content (AvgIpc) is 3.18. The summed E-state index contributed by atoms with van der Waals surface area (Å²) in [7, 11) is 0. The number of rotatable bonds is 7. The van der Waals surface area contributed by atoms with Crippen molar-refractivity contribution in [2.24, 2.45) is 0 Å². The Morgan fingerprint density at radius 3 is 2.61 bits per heavy atom. The summed E-state index contributed by atoms with van der Waals surface area (Å²) in [5.41, 5.74) is 4.12. The van der Waals surface area contributed by atoms with Crippen LogP contribution in [0.25, 0.3) is 6.08 Å². The molecule has 1 N–H and O–H groups in total. The van der Waals surface area contributed by atoms with Gasteiger partial charge < -0.3 is 4.90 Å². The molecular formula is C24H24ClN3O3. The molecule has 2 heterocycles. The largest absolute Gasteiger partial charge is 0.371 e.